The molecule has 25 heavy (non-hydrogen) atoms. The Bertz CT molecular complexity index is 900. The molecule has 2 aromatic heterocycles. The van der Waals surface area contributed by atoms with Gasteiger partial charge < -0.3 is 5.32 Å². The van der Waals surface area contributed by atoms with Crippen LogP contribution in [0.3, 0.4) is 0 Å². The highest BCUT2D eigenvalue weighted by Crippen LogP contribution is 2.29. The summed E-state index contributed by atoms with van der Waals surface area (Å²) in [5.41, 5.74) is 1.12. The molecular formula is C17H15F3N4O. The summed E-state index contributed by atoms with van der Waals surface area (Å²) in [6.45, 7) is 1.76. The van der Waals surface area contributed by atoms with Gasteiger partial charge in [0.1, 0.15) is 5.82 Å². The number of hydrogen-bond donors (Lipinski definition) is 1. The molecule has 1 amide bonds. The van der Waals surface area contributed by atoms with E-state index in [9.17, 15) is 18.0 Å². The lowest BCUT2D eigenvalue weighted by atomic mass is 10.1. The highest BCUT2D eigenvalue weighted by Gasteiger charge is 2.31. The summed E-state index contributed by atoms with van der Waals surface area (Å²) in [4.78, 5) is 11.4. The number of hydrogen-bond acceptors (Lipinski definition) is 3. The topological polar surface area (TPSA) is 59.3 Å². The first kappa shape index (κ1) is 16.9. The zero-order valence-electron chi connectivity index (χ0n) is 13.3. The number of anilines is 1. The number of pyridine rings is 1. The van der Waals surface area contributed by atoms with E-state index in [2.05, 4.69) is 15.5 Å². The molecule has 130 valence electrons. The van der Waals surface area contributed by atoms with Crippen LogP contribution in [0.4, 0.5) is 18.9 Å². The summed E-state index contributed by atoms with van der Waals surface area (Å²) in [5, 5.41) is 10.6. The first-order valence-electron chi connectivity index (χ1n) is 7.66. The molecule has 0 saturated heterocycles. The third-order valence-electron chi connectivity index (χ3n) is 3.72. The molecule has 0 radical (unpaired) electrons. The number of fused-ring (bicyclic) bond motifs is 1. The van der Waals surface area contributed by atoms with E-state index in [1.54, 1.807) is 31.2 Å². The molecule has 0 aliphatic heterocycles. The molecule has 5 nitrogen and oxygen atoms in total. The van der Waals surface area contributed by atoms with Crippen molar-refractivity contribution in [2.45, 2.75) is 25.9 Å². The van der Waals surface area contributed by atoms with Gasteiger partial charge in [0.25, 0.3) is 0 Å². The standard InChI is InChI=1S/C17H15F3N4O/c1-2-16(25)21-13-6-3-11(4-7-13)9-15-23-22-14-8-5-12(10-24(14)15)17(18,19)20/h3-8,10H,2,9H2,1H3,(H,21,25). The zero-order chi connectivity index (χ0) is 18.0. The Labute approximate surface area is 141 Å². The lowest BCUT2D eigenvalue weighted by molar-refractivity contribution is -0.137. The van der Waals surface area contributed by atoms with Crippen LogP contribution in [0, 0.1) is 0 Å². The van der Waals surface area contributed by atoms with E-state index in [0.29, 0.717) is 30.0 Å². The Balaban J connectivity index is 1.84. The Morgan fingerprint density at radius 1 is 1.12 bits per heavy atom. The molecule has 0 bridgehead atoms. The van der Waals surface area contributed by atoms with Crippen molar-refractivity contribution in [2.75, 3.05) is 5.32 Å². The molecule has 8 heteroatoms. The number of nitrogens with one attached hydrogen (secondary N) is 1. The summed E-state index contributed by atoms with van der Waals surface area (Å²) in [5.74, 6) is 0.322. The van der Waals surface area contributed by atoms with Gasteiger partial charge in [0.05, 0.1) is 5.56 Å². The molecule has 3 rings (SSSR count). The van der Waals surface area contributed by atoms with Crippen molar-refractivity contribution < 1.29 is 18.0 Å². The van der Waals surface area contributed by atoms with Crippen molar-refractivity contribution >= 4 is 17.2 Å². The van der Waals surface area contributed by atoms with Crippen LogP contribution in [0.5, 0.6) is 0 Å². The molecule has 0 saturated carbocycles. The van der Waals surface area contributed by atoms with E-state index in [1.165, 1.54) is 10.5 Å². The minimum absolute atomic E-state index is 0.0871. The van der Waals surface area contributed by atoms with Gasteiger partial charge in [0, 0.05) is 24.7 Å². The number of aromatic nitrogens is 3. The van der Waals surface area contributed by atoms with Crippen molar-refractivity contribution in [3.8, 4) is 0 Å². The highest BCUT2D eigenvalue weighted by molar-refractivity contribution is 5.90. The van der Waals surface area contributed by atoms with Gasteiger partial charge in [-0.2, -0.15) is 13.2 Å². The lowest BCUT2D eigenvalue weighted by Gasteiger charge is -2.08. The van der Waals surface area contributed by atoms with Crippen molar-refractivity contribution in [1.82, 2.24) is 14.6 Å². The van der Waals surface area contributed by atoms with Gasteiger partial charge in [-0.3, -0.25) is 9.20 Å². The fourth-order valence-electron chi connectivity index (χ4n) is 2.36. The Morgan fingerprint density at radius 3 is 2.48 bits per heavy atom. The Morgan fingerprint density at radius 2 is 1.84 bits per heavy atom. The monoisotopic (exact) mass is 348 g/mol. The van der Waals surface area contributed by atoms with Gasteiger partial charge in [-0.15, -0.1) is 10.2 Å². The SMILES string of the molecule is CCC(=O)Nc1ccc(Cc2nnc3ccc(C(F)(F)F)cn23)cc1. The zero-order valence-corrected chi connectivity index (χ0v) is 13.3. The van der Waals surface area contributed by atoms with Gasteiger partial charge in [-0.1, -0.05) is 19.1 Å². The second kappa shape index (κ2) is 6.54. The van der Waals surface area contributed by atoms with Gasteiger partial charge in [0.2, 0.25) is 5.91 Å². The molecule has 0 spiro atoms. The van der Waals surface area contributed by atoms with Gasteiger partial charge >= 0.3 is 6.18 Å². The summed E-state index contributed by atoms with van der Waals surface area (Å²) in [6, 6.07) is 9.35. The van der Waals surface area contributed by atoms with Crippen molar-refractivity contribution in [2.24, 2.45) is 0 Å². The van der Waals surface area contributed by atoms with E-state index in [4.69, 9.17) is 0 Å². The molecule has 1 aromatic carbocycles. The Kier molecular flexibility index (Phi) is 4.43. The average molecular weight is 348 g/mol. The molecule has 1 N–H and O–H groups in total. The maximum absolute atomic E-state index is 12.9. The van der Waals surface area contributed by atoms with Crippen LogP contribution in [0.2, 0.25) is 0 Å². The van der Waals surface area contributed by atoms with E-state index in [1.807, 2.05) is 0 Å². The van der Waals surface area contributed by atoms with Crippen LogP contribution < -0.4 is 5.32 Å². The van der Waals surface area contributed by atoms with Gasteiger partial charge in [-0.25, -0.2) is 0 Å². The van der Waals surface area contributed by atoms with Crippen molar-refractivity contribution in [1.29, 1.82) is 0 Å². The summed E-state index contributed by atoms with van der Waals surface area (Å²) in [7, 11) is 0. The van der Waals surface area contributed by atoms with Crippen molar-refractivity contribution in [3.05, 3.63) is 59.5 Å². The number of nitrogens with zero attached hydrogens (tertiary/aromatic N) is 3. The second-order valence-corrected chi connectivity index (χ2v) is 5.54. The minimum Gasteiger partial charge on any atom is -0.326 e. The van der Waals surface area contributed by atoms with Crippen LogP contribution in [0.25, 0.3) is 5.65 Å². The summed E-state index contributed by atoms with van der Waals surface area (Å²) < 4.78 is 40.0. The number of carbonyl (C=O) groups is 1. The van der Waals surface area contributed by atoms with Crippen LogP contribution in [-0.4, -0.2) is 20.5 Å². The Hall–Kier alpha value is -2.90. The third kappa shape index (κ3) is 3.78. The van der Waals surface area contributed by atoms with E-state index >= 15 is 0 Å². The van der Waals surface area contributed by atoms with Gasteiger partial charge in [-0.05, 0) is 29.8 Å². The van der Waals surface area contributed by atoms with Crippen LogP contribution in [-0.2, 0) is 17.4 Å². The molecule has 2 heterocycles. The fraction of sp³-hybridized carbons (Fsp3) is 0.235. The van der Waals surface area contributed by atoms with E-state index in [-0.39, 0.29) is 5.91 Å². The third-order valence-corrected chi connectivity index (χ3v) is 3.72. The largest absolute Gasteiger partial charge is 0.417 e. The number of carbonyl (C=O) groups excluding carboxylic acids is 1. The number of halogens is 3. The molecular weight excluding hydrogens is 333 g/mol. The quantitative estimate of drug-likeness (QED) is 0.782. The molecule has 0 aliphatic carbocycles. The van der Waals surface area contributed by atoms with E-state index in [0.717, 1.165) is 17.8 Å². The lowest BCUT2D eigenvalue weighted by Crippen LogP contribution is -2.09. The molecule has 3 aromatic rings. The first-order valence-corrected chi connectivity index (χ1v) is 7.66. The number of alkyl halides is 3. The number of rotatable bonds is 4. The molecule has 0 aliphatic rings. The summed E-state index contributed by atoms with van der Waals surface area (Å²) in [6.07, 6.45) is -2.71. The van der Waals surface area contributed by atoms with Gasteiger partial charge in [0.15, 0.2) is 5.65 Å². The van der Waals surface area contributed by atoms with Crippen LogP contribution >= 0.6 is 0 Å². The predicted molar refractivity (Wildman–Crippen MR) is 86.2 cm³/mol. The number of benzene rings is 1. The maximum atomic E-state index is 12.9. The van der Waals surface area contributed by atoms with Crippen molar-refractivity contribution in [3.63, 3.8) is 0 Å². The van der Waals surface area contributed by atoms with E-state index < -0.39 is 11.7 Å². The highest BCUT2D eigenvalue weighted by atomic mass is 19.4. The maximum Gasteiger partial charge on any atom is 0.417 e. The van der Waals surface area contributed by atoms with Crippen LogP contribution in [0.1, 0.15) is 30.3 Å². The molecule has 0 fully saturated rings. The minimum atomic E-state index is -4.42. The van der Waals surface area contributed by atoms with Crippen LogP contribution in [0.15, 0.2) is 42.6 Å². The second-order valence-electron chi connectivity index (χ2n) is 5.54. The first-order chi connectivity index (χ1) is 11.9. The normalized spacial score (nSPS) is 11.7. The smallest absolute Gasteiger partial charge is 0.326 e. The molecule has 0 atom stereocenters. The fourth-order valence-corrected chi connectivity index (χ4v) is 2.36. The summed E-state index contributed by atoms with van der Waals surface area (Å²) >= 11 is 0. The predicted octanol–water partition coefficient (Wildman–Crippen LogP) is 3.69. The average Bonchev–Trinajstić information content (AvgIpc) is 2.98. The number of amides is 1. The molecule has 0 unspecified atom stereocenters.